The van der Waals surface area contributed by atoms with E-state index in [9.17, 15) is 4.79 Å². The number of carbonyl (C=O) groups excluding carboxylic acids is 1. The van der Waals surface area contributed by atoms with E-state index in [1.165, 1.54) is 0 Å². The van der Waals surface area contributed by atoms with Gasteiger partial charge < -0.3 is 15.1 Å². The second-order valence-electron chi connectivity index (χ2n) is 5.18. The number of likely N-dealkylation sites (N-methyl/N-ethyl adjacent to an activating group) is 1. The largest absolute Gasteiger partial charge is 0.340 e. The van der Waals surface area contributed by atoms with Crippen molar-refractivity contribution in [3.63, 3.8) is 0 Å². The van der Waals surface area contributed by atoms with Crippen LogP contribution in [0.3, 0.4) is 0 Å². The molecule has 0 rings (SSSR count). The minimum absolute atomic E-state index is 0.183. The fourth-order valence-electron chi connectivity index (χ4n) is 1.95. The molecule has 0 aromatic carbocycles. The molecule has 0 aromatic heterocycles. The Morgan fingerprint density at radius 3 is 2.37 bits per heavy atom. The summed E-state index contributed by atoms with van der Waals surface area (Å²) in [6, 6.07) is 0. The summed E-state index contributed by atoms with van der Waals surface area (Å²) in [6.07, 6.45) is 1.77. The predicted molar refractivity (Wildman–Crippen MR) is 82.3 cm³/mol. The van der Waals surface area contributed by atoms with Crippen LogP contribution in [0, 0.1) is 5.92 Å². The fourth-order valence-corrected chi connectivity index (χ4v) is 1.95. The Morgan fingerprint density at radius 1 is 1.26 bits per heavy atom. The lowest BCUT2D eigenvalue weighted by Crippen LogP contribution is -2.44. The molecule has 0 saturated heterocycles. The monoisotopic (exact) mass is 269 g/mol. The van der Waals surface area contributed by atoms with Crippen LogP contribution in [-0.2, 0) is 4.79 Å². The molecule has 0 radical (unpaired) electrons. The van der Waals surface area contributed by atoms with Gasteiger partial charge in [-0.25, -0.2) is 0 Å². The van der Waals surface area contributed by atoms with Gasteiger partial charge in [0.1, 0.15) is 0 Å². The van der Waals surface area contributed by atoms with Crippen molar-refractivity contribution in [1.82, 2.24) is 15.1 Å². The standard InChI is InChI=1S/C15H31N3O/c1-6-9-16-12-15(19)18(13-14(4)5)11-10-17(7-2)8-3/h6,14,16H,1,7-13H2,2-5H3. The Labute approximate surface area is 118 Å². The lowest BCUT2D eigenvalue weighted by Gasteiger charge is -2.28. The number of rotatable bonds is 11. The molecule has 0 aliphatic carbocycles. The molecule has 4 nitrogen and oxygen atoms in total. The summed E-state index contributed by atoms with van der Waals surface area (Å²) in [5.74, 6) is 0.683. The SMILES string of the molecule is C=CCNCC(=O)N(CCN(CC)CC)CC(C)C. The summed E-state index contributed by atoms with van der Waals surface area (Å²) in [6.45, 7) is 18.0. The average molecular weight is 269 g/mol. The molecule has 0 fully saturated rings. The molecule has 4 heteroatoms. The van der Waals surface area contributed by atoms with Gasteiger partial charge in [-0.15, -0.1) is 6.58 Å². The van der Waals surface area contributed by atoms with E-state index in [0.29, 0.717) is 19.0 Å². The lowest BCUT2D eigenvalue weighted by atomic mass is 10.2. The minimum atomic E-state index is 0.183. The van der Waals surface area contributed by atoms with Crippen molar-refractivity contribution in [2.75, 3.05) is 45.8 Å². The van der Waals surface area contributed by atoms with Crippen molar-refractivity contribution in [3.8, 4) is 0 Å². The Balaban J connectivity index is 4.27. The molecule has 0 bridgehead atoms. The number of nitrogens with zero attached hydrogens (tertiary/aromatic N) is 2. The predicted octanol–water partition coefficient (Wildman–Crippen LogP) is 1.59. The highest BCUT2D eigenvalue weighted by molar-refractivity contribution is 5.78. The van der Waals surface area contributed by atoms with E-state index in [1.807, 2.05) is 4.90 Å². The number of carbonyl (C=O) groups is 1. The first-order valence-corrected chi connectivity index (χ1v) is 7.36. The highest BCUT2D eigenvalue weighted by Crippen LogP contribution is 2.00. The average Bonchev–Trinajstić information content (AvgIpc) is 2.38. The molecule has 0 aliphatic rings. The van der Waals surface area contributed by atoms with Crippen LogP contribution >= 0.6 is 0 Å². The molecular formula is C15H31N3O. The molecule has 0 heterocycles. The van der Waals surface area contributed by atoms with Gasteiger partial charge in [0.2, 0.25) is 5.91 Å². The normalized spacial score (nSPS) is 11.1. The number of nitrogens with one attached hydrogen (secondary N) is 1. The smallest absolute Gasteiger partial charge is 0.236 e. The first-order valence-electron chi connectivity index (χ1n) is 7.36. The molecule has 1 N–H and O–H groups in total. The zero-order valence-electron chi connectivity index (χ0n) is 13.1. The fraction of sp³-hybridized carbons (Fsp3) is 0.800. The van der Waals surface area contributed by atoms with Crippen LogP contribution < -0.4 is 5.32 Å². The molecular weight excluding hydrogens is 238 g/mol. The summed E-state index contributed by atoms with van der Waals surface area (Å²) in [5, 5.41) is 3.08. The van der Waals surface area contributed by atoms with Crippen LogP contribution in [0.2, 0.25) is 0 Å². The number of amides is 1. The number of hydrogen-bond donors (Lipinski definition) is 1. The van der Waals surface area contributed by atoms with E-state index in [0.717, 1.165) is 32.7 Å². The quantitative estimate of drug-likeness (QED) is 0.457. The van der Waals surface area contributed by atoms with Crippen LogP contribution in [0.25, 0.3) is 0 Å². The van der Waals surface area contributed by atoms with Crippen molar-refractivity contribution in [1.29, 1.82) is 0 Å². The molecule has 1 amide bonds. The Hall–Kier alpha value is -0.870. The van der Waals surface area contributed by atoms with Crippen molar-refractivity contribution in [3.05, 3.63) is 12.7 Å². The highest BCUT2D eigenvalue weighted by Gasteiger charge is 2.15. The van der Waals surface area contributed by atoms with Gasteiger partial charge in [-0.2, -0.15) is 0 Å². The topological polar surface area (TPSA) is 35.6 Å². The van der Waals surface area contributed by atoms with Crippen molar-refractivity contribution >= 4 is 5.91 Å². The van der Waals surface area contributed by atoms with Gasteiger partial charge in [0.15, 0.2) is 0 Å². The van der Waals surface area contributed by atoms with Gasteiger partial charge in [-0.05, 0) is 19.0 Å². The maximum Gasteiger partial charge on any atom is 0.236 e. The zero-order chi connectivity index (χ0) is 14.7. The molecule has 0 atom stereocenters. The highest BCUT2D eigenvalue weighted by atomic mass is 16.2. The Bertz CT molecular complexity index is 250. The summed E-state index contributed by atoms with van der Waals surface area (Å²) < 4.78 is 0. The lowest BCUT2D eigenvalue weighted by molar-refractivity contribution is -0.131. The van der Waals surface area contributed by atoms with Crippen LogP contribution in [0.5, 0.6) is 0 Å². The van der Waals surface area contributed by atoms with Gasteiger partial charge in [0, 0.05) is 26.2 Å². The van der Waals surface area contributed by atoms with Gasteiger partial charge in [-0.3, -0.25) is 4.79 Å². The molecule has 0 aliphatic heterocycles. The second-order valence-corrected chi connectivity index (χ2v) is 5.18. The van der Waals surface area contributed by atoms with E-state index >= 15 is 0 Å². The zero-order valence-corrected chi connectivity index (χ0v) is 13.1. The summed E-state index contributed by atoms with van der Waals surface area (Å²) in [5.41, 5.74) is 0. The van der Waals surface area contributed by atoms with E-state index in [1.54, 1.807) is 6.08 Å². The number of hydrogen-bond acceptors (Lipinski definition) is 3. The van der Waals surface area contributed by atoms with Gasteiger partial charge in [0.05, 0.1) is 6.54 Å². The maximum absolute atomic E-state index is 12.2. The van der Waals surface area contributed by atoms with Gasteiger partial charge in [0.25, 0.3) is 0 Å². The minimum Gasteiger partial charge on any atom is -0.340 e. The second kappa shape index (κ2) is 11.0. The van der Waals surface area contributed by atoms with E-state index in [4.69, 9.17) is 0 Å². The third-order valence-corrected chi connectivity index (χ3v) is 3.08. The van der Waals surface area contributed by atoms with E-state index in [2.05, 4.69) is 44.5 Å². The summed E-state index contributed by atoms with van der Waals surface area (Å²) in [7, 11) is 0. The molecule has 0 unspecified atom stereocenters. The van der Waals surface area contributed by atoms with Crippen LogP contribution in [-0.4, -0.2) is 61.5 Å². The molecule has 0 saturated carbocycles. The van der Waals surface area contributed by atoms with Gasteiger partial charge in [-0.1, -0.05) is 33.8 Å². The van der Waals surface area contributed by atoms with Crippen LogP contribution in [0.4, 0.5) is 0 Å². The van der Waals surface area contributed by atoms with Crippen LogP contribution in [0.1, 0.15) is 27.7 Å². The first-order chi connectivity index (χ1) is 9.04. The third-order valence-electron chi connectivity index (χ3n) is 3.08. The molecule has 0 aromatic rings. The van der Waals surface area contributed by atoms with Crippen molar-refractivity contribution in [2.24, 2.45) is 5.92 Å². The molecule has 0 spiro atoms. The summed E-state index contributed by atoms with van der Waals surface area (Å²) >= 11 is 0. The van der Waals surface area contributed by atoms with Gasteiger partial charge >= 0.3 is 0 Å². The maximum atomic E-state index is 12.2. The van der Waals surface area contributed by atoms with Crippen LogP contribution in [0.15, 0.2) is 12.7 Å². The summed E-state index contributed by atoms with van der Waals surface area (Å²) in [4.78, 5) is 16.5. The van der Waals surface area contributed by atoms with E-state index < -0.39 is 0 Å². The molecule has 19 heavy (non-hydrogen) atoms. The molecule has 112 valence electrons. The van der Waals surface area contributed by atoms with Crippen molar-refractivity contribution < 1.29 is 4.79 Å². The Kier molecular flexibility index (Phi) is 10.5. The van der Waals surface area contributed by atoms with Crippen molar-refractivity contribution in [2.45, 2.75) is 27.7 Å². The van der Waals surface area contributed by atoms with E-state index in [-0.39, 0.29) is 5.91 Å². The Morgan fingerprint density at radius 2 is 1.89 bits per heavy atom. The first kappa shape index (κ1) is 18.1. The third kappa shape index (κ3) is 8.78.